The van der Waals surface area contributed by atoms with Gasteiger partial charge in [0, 0.05) is 32.7 Å². The summed E-state index contributed by atoms with van der Waals surface area (Å²) in [7, 11) is 3.70. The van der Waals surface area contributed by atoms with E-state index in [0.717, 1.165) is 37.1 Å². The van der Waals surface area contributed by atoms with Gasteiger partial charge in [0.05, 0.1) is 17.4 Å². The van der Waals surface area contributed by atoms with Crippen molar-refractivity contribution in [3.63, 3.8) is 0 Å². The molecule has 0 saturated heterocycles. The predicted molar refractivity (Wildman–Crippen MR) is 70.5 cm³/mol. The minimum absolute atomic E-state index is 0.0639. The number of hydrogen-bond donors (Lipinski definition) is 1. The Bertz CT molecular complexity index is 391. The summed E-state index contributed by atoms with van der Waals surface area (Å²) in [5.74, 6) is 0. The third-order valence-electron chi connectivity index (χ3n) is 4.14. The topological polar surface area (TPSA) is 47.3 Å². The molecule has 1 fully saturated rings. The number of hydrogen-bond acceptors (Lipinski definition) is 3. The van der Waals surface area contributed by atoms with E-state index in [1.807, 2.05) is 11.7 Å². The number of aliphatic hydroxyl groups is 1. The lowest BCUT2D eigenvalue weighted by molar-refractivity contribution is -0.0990. The Morgan fingerprint density at radius 1 is 1.56 bits per heavy atom. The first-order valence-corrected chi connectivity index (χ1v) is 6.83. The molecular formula is C14H24N2O2. The lowest BCUT2D eigenvalue weighted by Gasteiger charge is -2.41. The van der Waals surface area contributed by atoms with E-state index in [9.17, 15) is 5.11 Å². The largest absolute Gasteiger partial charge is 0.393 e. The normalized spacial score (nSPS) is 19.6. The average Bonchev–Trinajstić information content (AvgIpc) is 2.65. The molecule has 2 rings (SSSR count). The molecule has 1 saturated carbocycles. The zero-order valence-corrected chi connectivity index (χ0v) is 11.6. The Morgan fingerprint density at radius 3 is 2.72 bits per heavy atom. The molecule has 1 aromatic heterocycles. The minimum atomic E-state index is -0.342. The van der Waals surface area contributed by atoms with Gasteiger partial charge in [0.25, 0.3) is 0 Å². The maximum Gasteiger partial charge on any atom is 0.0703 e. The Morgan fingerprint density at radius 2 is 2.28 bits per heavy atom. The fourth-order valence-corrected chi connectivity index (χ4v) is 2.74. The molecule has 4 heteroatoms. The zero-order valence-electron chi connectivity index (χ0n) is 11.6. The SMILES string of the molecule is CCc1cc(CC(O)CC2(OC)CCC2)n(C)n1. The molecule has 1 aliphatic carbocycles. The molecule has 0 bridgehead atoms. The van der Waals surface area contributed by atoms with Crippen molar-refractivity contribution in [3.05, 3.63) is 17.5 Å². The van der Waals surface area contributed by atoms with Crippen molar-refractivity contribution in [1.29, 1.82) is 0 Å². The van der Waals surface area contributed by atoms with Gasteiger partial charge in [0.15, 0.2) is 0 Å². The van der Waals surface area contributed by atoms with Crippen molar-refractivity contribution < 1.29 is 9.84 Å². The summed E-state index contributed by atoms with van der Waals surface area (Å²) >= 11 is 0. The molecule has 0 amide bonds. The van der Waals surface area contributed by atoms with Crippen LogP contribution >= 0.6 is 0 Å². The molecule has 0 spiro atoms. The molecule has 1 N–H and O–H groups in total. The smallest absolute Gasteiger partial charge is 0.0703 e. The first-order chi connectivity index (χ1) is 8.58. The summed E-state index contributed by atoms with van der Waals surface area (Å²) in [6.45, 7) is 2.09. The van der Waals surface area contributed by atoms with Gasteiger partial charge in [0.2, 0.25) is 0 Å². The molecular weight excluding hydrogens is 228 g/mol. The van der Waals surface area contributed by atoms with Crippen molar-refractivity contribution in [2.24, 2.45) is 7.05 Å². The summed E-state index contributed by atoms with van der Waals surface area (Å²) in [5, 5.41) is 14.6. The molecule has 0 radical (unpaired) electrons. The molecule has 102 valence electrons. The molecule has 1 aliphatic rings. The van der Waals surface area contributed by atoms with E-state index in [2.05, 4.69) is 18.1 Å². The first-order valence-electron chi connectivity index (χ1n) is 6.83. The number of aromatic nitrogens is 2. The van der Waals surface area contributed by atoms with E-state index in [0.29, 0.717) is 6.42 Å². The number of nitrogens with zero attached hydrogens (tertiary/aromatic N) is 2. The van der Waals surface area contributed by atoms with E-state index in [4.69, 9.17) is 4.74 Å². The lowest BCUT2D eigenvalue weighted by Crippen LogP contribution is -2.42. The van der Waals surface area contributed by atoms with Crippen LogP contribution in [-0.4, -0.2) is 33.7 Å². The van der Waals surface area contributed by atoms with Crippen molar-refractivity contribution in [2.75, 3.05) is 7.11 Å². The average molecular weight is 252 g/mol. The van der Waals surface area contributed by atoms with Crippen LogP contribution in [0.4, 0.5) is 0 Å². The molecule has 1 unspecified atom stereocenters. The van der Waals surface area contributed by atoms with Crippen LogP contribution in [-0.2, 0) is 24.6 Å². The van der Waals surface area contributed by atoms with Crippen LogP contribution in [0.2, 0.25) is 0 Å². The Balaban J connectivity index is 1.94. The first kappa shape index (κ1) is 13.6. The van der Waals surface area contributed by atoms with Gasteiger partial charge in [-0.05, 0) is 31.7 Å². The van der Waals surface area contributed by atoms with Crippen molar-refractivity contribution in [1.82, 2.24) is 9.78 Å². The number of aryl methyl sites for hydroxylation is 2. The van der Waals surface area contributed by atoms with Crippen molar-refractivity contribution in [3.8, 4) is 0 Å². The highest BCUT2D eigenvalue weighted by Crippen LogP contribution is 2.39. The maximum absolute atomic E-state index is 10.2. The standard InChI is InChI=1S/C14H24N2O2/c1-4-11-8-12(16(2)15-11)9-13(17)10-14(18-3)6-5-7-14/h8,13,17H,4-7,9-10H2,1-3H3. The van der Waals surface area contributed by atoms with Gasteiger partial charge >= 0.3 is 0 Å². The van der Waals surface area contributed by atoms with Crippen LogP contribution in [0.3, 0.4) is 0 Å². The second kappa shape index (κ2) is 5.41. The second-order valence-electron chi connectivity index (χ2n) is 5.41. The van der Waals surface area contributed by atoms with Crippen LogP contribution in [0.15, 0.2) is 6.07 Å². The third kappa shape index (κ3) is 2.75. The number of methoxy groups -OCH3 is 1. The van der Waals surface area contributed by atoms with Crippen LogP contribution in [0.1, 0.15) is 44.0 Å². The summed E-state index contributed by atoms with van der Waals surface area (Å²) in [5.41, 5.74) is 2.13. The molecule has 0 aliphatic heterocycles. The van der Waals surface area contributed by atoms with Gasteiger partial charge in [0.1, 0.15) is 0 Å². The molecule has 0 aromatic carbocycles. The Kier molecular flexibility index (Phi) is 4.07. The Labute approximate surface area is 109 Å². The van der Waals surface area contributed by atoms with Crippen molar-refractivity contribution in [2.45, 2.75) is 57.2 Å². The van der Waals surface area contributed by atoms with Gasteiger partial charge < -0.3 is 9.84 Å². The number of rotatable bonds is 6. The zero-order chi connectivity index (χ0) is 13.2. The van der Waals surface area contributed by atoms with Crippen molar-refractivity contribution >= 4 is 0 Å². The summed E-state index contributed by atoms with van der Waals surface area (Å²) in [4.78, 5) is 0. The van der Waals surface area contributed by atoms with Gasteiger partial charge in [-0.2, -0.15) is 5.10 Å². The highest BCUT2D eigenvalue weighted by atomic mass is 16.5. The summed E-state index contributed by atoms with van der Waals surface area (Å²) in [6.07, 6.45) is 5.35. The van der Waals surface area contributed by atoms with Crippen LogP contribution in [0.25, 0.3) is 0 Å². The van der Waals surface area contributed by atoms with Crippen LogP contribution in [0.5, 0.6) is 0 Å². The Hall–Kier alpha value is -0.870. The van der Waals surface area contributed by atoms with Gasteiger partial charge in [-0.1, -0.05) is 6.92 Å². The van der Waals surface area contributed by atoms with Crippen LogP contribution < -0.4 is 0 Å². The van der Waals surface area contributed by atoms with E-state index in [1.54, 1.807) is 7.11 Å². The second-order valence-corrected chi connectivity index (χ2v) is 5.41. The van der Waals surface area contributed by atoms with Crippen LogP contribution in [0, 0.1) is 0 Å². The maximum atomic E-state index is 10.2. The molecule has 1 heterocycles. The summed E-state index contributed by atoms with van der Waals surface area (Å²) in [6, 6.07) is 2.09. The van der Waals surface area contributed by atoms with E-state index >= 15 is 0 Å². The van der Waals surface area contributed by atoms with E-state index in [-0.39, 0.29) is 11.7 Å². The molecule has 1 atom stereocenters. The molecule has 4 nitrogen and oxygen atoms in total. The minimum Gasteiger partial charge on any atom is -0.393 e. The van der Waals surface area contributed by atoms with Gasteiger partial charge in [-0.25, -0.2) is 0 Å². The predicted octanol–water partition coefficient (Wildman–Crippen LogP) is 1.85. The van der Waals surface area contributed by atoms with Gasteiger partial charge in [-0.15, -0.1) is 0 Å². The monoisotopic (exact) mass is 252 g/mol. The van der Waals surface area contributed by atoms with Gasteiger partial charge in [-0.3, -0.25) is 4.68 Å². The highest BCUT2D eigenvalue weighted by Gasteiger charge is 2.38. The fraction of sp³-hybridized carbons (Fsp3) is 0.786. The number of aliphatic hydroxyl groups excluding tert-OH is 1. The van der Waals surface area contributed by atoms with E-state index < -0.39 is 0 Å². The molecule has 1 aromatic rings. The quantitative estimate of drug-likeness (QED) is 0.840. The fourth-order valence-electron chi connectivity index (χ4n) is 2.74. The third-order valence-corrected chi connectivity index (χ3v) is 4.14. The lowest BCUT2D eigenvalue weighted by atomic mass is 9.75. The van der Waals surface area contributed by atoms with E-state index in [1.165, 1.54) is 6.42 Å². The molecule has 18 heavy (non-hydrogen) atoms. The summed E-state index contributed by atoms with van der Waals surface area (Å²) < 4.78 is 7.43. The number of ether oxygens (including phenoxy) is 1. The highest BCUT2D eigenvalue weighted by molar-refractivity contribution is 5.11.